The van der Waals surface area contributed by atoms with Gasteiger partial charge in [-0.25, -0.2) is 8.42 Å². The smallest absolute Gasteiger partial charge is 0.246 e. The second-order valence-corrected chi connectivity index (χ2v) is 9.10. The molecular formula is C17H24N2O4S. The maximum Gasteiger partial charge on any atom is 0.246 e. The van der Waals surface area contributed by atoms with Crippen LogP contribution in [-0.2, 0) is 25.8 Å². The van der Waals surface area contributed by atoms with E-state index in [1.807, 2.05) is 24.3 Å². The van der Waals surface area contributed by atoms with Crippen LogP contribution in [-0.4, -0.2) is 43.8 Å². The number of benzene rings is 1. The van der Waals surface area contributed by atoms with Gasteiger partial charge in [0.15, 0.2) is 9.84 Å². The Morgan fingerprint density at radius 3 is 2.54 bits per heavy atom. The Balaban J connectivity index is 2.01. The zero-order valence-electron chi connectivity index (χ0n) is 14.3. The number of sulfone groups is 1. The lowest BCUT2D eigenvalue weighted by Gasteiger charge is -2.29. The number of anilines is 1. The molecule has 1 atom stereocenters. The van der Waals surface area contributed by atoms with E-state index in [9.17, 15) is 18.0 Å². The van der Waals surface area contributed by atoms with Gasteiger partial charge in [0.25, 0.3) is 0 Å². The third-order valence-corrected chi connectivity index (χ3v) is 6.86. The zero-order chi connectivity index (χ0) is 17.9. The molecule has 0 unspecified atom stereocenters. The van der Waals surface area contributed by atoms with Gasteiger partial charge in [0, 0.05) is 12.2 Å². The molecule has 7 heteroatoms. The number of rotatable bonds is 5. The van der Waals surface area contributed by atoms with Gasteiger partial charge in [0.2, 0.25) is 11.8 Å². The number of nitrogens with one attached hydrogen (secondary N) is 1. The predicted molar refractivity (Wildman–Crippen MR) is 93.6 cm³/mol. The molecular weight excluding hydrogens is 328 g/mol. The first-order chi connectivity index (χ1) is 11.2. The maximum atomic E-state index is 12.4. The Morgan fingerprint density at radius 2 is 1.88 bits per heavy atom. The molecule has 0 radical (unpaired) electrons. The second kappa shape index (κ2) is 7.34. The SMILES string of the molecule is CC(C)S(=O)(=O)[C@H](C)C(=O)NCC(=O)N1CCCc2ccccc21. The summed E-state index contributed by atoms with van der Waals surface area (Å²) in [5.41, 5.74) is 1.98. The molecule has 2 amide bonds. The van der Waals surface area contributed by atoms with Gasteiger partial charge in [-0.1, -0.05) is 18.2 Å². The zero-order valence-corrected chi connectivity index (χ0v) is 15.1. The van der Waals surface area contributed by atoms with Gasteiger partial charge < -0.3 is 10.2 Å². The first kappa shape index (κ1) is 18.4. The van der Waals surface area contributed by atoms with Crippen molar-refractivity contribution in [3.05, 3.63) is 29.8 Å². The van der Waals surface area contributed by atoms with Crippen LogP contribution in [0, 0.1) is 0 Å². The van der Waals surface area contributed by atoms with Gasteiger partial charge in [-0.15, -0.1) is 0 Å². The monoisotopic (exact) mass is 352 g/mol. The summed E-state index contributed by atoms with van der Waals surface area (Å²) in [4.78, 5) is 26.2. The van der Waals surface area contributed by atoms with Crippen LogP contribution in [0.1, 0.15) is 32.8 Å². The van der Waals surface area contributed by atoms with Crippen molar-refractivity contribution < 1.29 is 18.0 Å². The van der Waals surface area contributed by atoms with Crippen molar-refractivity contribution in [3.63, 3.8) is 0 Å². The van der Waals surface area contributed by atoms with Gasteiger partial charge in [-0.05, 0) is 45.2 Å². The highest BCUT2D eigenvalue weighted by Crippen LogP contribution is 2.26. The molecule has 0 fully saturated rings. The molecule has 132 valence electrons. The highest BCUT2D eigenvalue weighted by molar-refractivity contribution is 7.93. The standard InChI is InChI=1S/C17H24N2O4S/c1-12(2)24(22,23)13(3)17(21)18-11-16(20)19-10-6-8-14-7-4-5-9-15(14)19/h4-5,7,9,12-13H,6,8,10-11H2,1-3H3,(H,18,21)/t13-/m1/s1. The van der Waals surface area contributed by atoms with Crippen LogP contribution >= 0.6 is 0 Å². The fraction of sp³-hybridized carbons (Fsp3) is 0.529. The fourth-order valence-corrected chi connectivity index (χ4v) is 3.95. The summed E-state index contributed by atoms with van der Waals surface area (Å²) in [6.45, 7) is 4.83. The van der Waals surface area contributed by atoms with E-state index >= 15 is 0 Å². The molecule has 0 aliphatic carbocycles. The summed E-state index contributed by atoms with van der Waals surface area (Å²) in [7, 11) is -3.53. The Morgan fingerprint density at radius 1 is 1.21 bits per heavy atom. The van der Waals surface area contributed by atoms with Crippen molar-refractivity contribution in [3.8, 4) is 0 Å². The van der Waals surface area contributed by atoms with Gasteiger partial charge in [-0.3, -0.25) is 9.59 Å². The van der Waals surface area contributed by atoms with E-state index in [-0.39, 0.29) is 12.5 Å². The van der Waals surface area contributed by atoms with E-state index in [2.05, 4.69) is 5.32 Å². The van der Waals surface area contributed by atoms with Gasteiger partial charge in [0.05, 0.1) is 11.8 Å². The third kappa shape index (κ3) is 3.77. The first-order valence-electron chi connectivity index (χ1n) is 8.14. The van der Waals surface area contributed by atoms with E-state index in [1.165, 1.54) is 20.8 Å². The number of hydrogen-bond donors (Lipinski definition) is 1. The number of carbonyl (C=O) groups is 2. The molecule has 1 aliphatic heterocycles. The maximum absolute atomic E-state index is 12.4. The Labute approximate surface area is 143 Å². The minimum atomic E-state index is -3.53. The second-order valence-electron chi connectivity index (χ2n) is 6.28. The molecule has 1 heterocycles. The van der Waals surface area contributed by atoms with Gasteiger partial charge in [0.1, 0.15) is 5.25 Å². The van der Waals surface area contributed by atoms with Crippen LogP contribution in [0.15, 0.2) is 24.3 Å². The van der Waals surface area contributed by atoms with Crippen molar-refractivity contribution in [2.24, 2.45) is 0 Å². The molecule has 2 rings (SSSR count). The lowest BCUT2D eigenvalue weighted by Crippen LogP contribution is -2.46. The molecule has 1 aromatic rings. The number of carbonyl (C=O) groups excluding carboxylic acids is 2. The summed E-state index contributed by atoms with van der Waals surface area (Å²) >= 11 is 0. The number of amides is 2. The van der Waals surface area contributed by atoms with Gasteiger partial charge in [-0.2, -0.15) is 0 Å². The van der Waals surface area contributed by atoms with Crippen LogP contribution in [0.4, 0.5) is 5.69 Å². The summed E-state index contributed by atoms with van der Waals surface area (Å²) < 4.78 is 24.1. The van der Waals surface area contributed by atoms with Crippen molar-refractivity contribution in [1.82, 2.24) is 5.32 Å². The van der Waals surface area contributed by atoms with Crippen LogP contribution in [0.3, 0.4) is 0 Å². The average molecular weight is 352 g/mol. The number of para-hydroxylation sites is 1. The largest absolute Gasteiger partial charge is 0.346 e. The fourth-order valence-electron chi connectivity index (χ4n) is 2.75. The topological polar surface area (TPSA) is 83.5 Å². The molecule has 0 spiro atoms. The van der Waals surface area contributed by atoms with E-state index in [1.54, 1.807) is 4.90 Å². The lowest BCUT2D eigenvalue weighted by atomic mass is 10.0. The van der Waals surface area contributed by atoms with Crippen LogP contribution in [0.5, 0.6) is 0 Å². The molecule has 1 aliphatic rings. The molecule has 0 aromatic heterocycles. The first-order valence-corrected chi connectivity index (χ1v) is 9.74. The van der Waals surface area contributed by atoms with E-state index in [0.29, 0.717) is 6.54 Å². The Kier molecular flexibility index (Phi) is 5.64. The number of fused-ring (bicyclic) bond motifs is 1. The molecule has 6 nitrogen and oxygen atoms in total. The van der Waals surface area contributed by atoms with E-state index in [0.717, 1.165) is 24.1 Å². The van der Waals surface area contributed by atoms with E-state index < -0.39 is 26.2 Å². The quantitative estimate of drug-likeness (QED) is 0.866. The third-order valence-electron chi connectivity index (χ3n) is 4.34. The molecule has 24 heavy (non-hydrogen) atoms. The minimum absolute atomic E-state index is 0.203. The van der Waals surface area contributed by atoms with Crippen molar-refractivity contribution in [1.29, 1.82) is 0 Å². The van der Waals surface area contributed by atoms with Gasteiger partial charge >= 0.3 is 0 Å². The Bertz CT molecular complexity index is 728. The molecule has 1 aromatic carbocycles. The number of aryl methyl sites for hydroxylation is 1. The average Bonchev–Trinajstić information content (AvgIpc) is 2.57. The summed E-state index contributed by atoms with van der Waals surface area (Å²) in [5, 5.41) is 0.658. The number of nitrogens with zero attached hydrogens (tertiary/aromatic N) is 1. The molecule has 0 saturated heterocycles. The van der Waals surface area contributed by atoms with E-state index in [4.69, 9.17) is 0 Å². The summed E-state index contributed by atoms with van der Waals surface area (Å²) in [5.74, 6) is -0.869. The van der Waals surface area contributed by atoms with Crippen molar-refractivity contribution in [2.75, 3.05) is 18.0 Å². The number of hydrogen-bond acceptors (Lipinski definition) is 4. The highest BCUT2D eigenvalue weighted by Gasteiger charge is 2.31. The van der Waals surface area contributed by atoms with Crippen LogP contribution in [0.25, 0.3) is 0 Å². The highest BCUT2D eigenvalue weighted by atomic mass is 32.2. The van der Waals surface area contributed by atoms with Crippen molar-refractivity contribution >= 4 is 27.3 Å². The predicted octanol–water partition coefficient (Wildman–Crippen LogP) is 1.29. The Hall–Kier alpha value is -1.89. The van der Waals surface area contributed by atoms with Crippen LogP contribution < -0.4 is 10.2 Å². The summed E-state index contributed by atoms with van der Waals surface area (Å²) in [6, 6.07) is 7.69. The van der Waals surface area contributed by atoms with Crippen molar-refractivity contribution in [2.45, 2.75) is 44.1 Å². The normalized spacial score (nSPS) is 15.8. The van der Waals surface area contributed by atoms with Crippen LogP contribution in [0.2, 0.25) is 0 Å². The molecule has 0 saturated carbocycles. The summed E-state index contributed by atoms with van der Waals surface area (Å²) in [6.07, 6.45) is 1.80. The minimum Gasteiger partial charge on any atom is -0.346 e. The molecule has 0 bridgehead atoms. The molecule has 1 N–H and O–H groups in total. The lowest BCUT2D eigenvalue weighted by molar-refractivity contribution is -0.124.